The number of sulfone groups is 1. The molecule has 0 unspecified atom stereocenters. The molecule has 1 aliphatic heterocycles. The highest BCUT2D eigenvalue weighted by atomic mass is 79.9. The van der Waals surface area contributed by atoms with Crippen LogP contribution >= 0.6 is 27.3 Å². The van der Waals surface area contributed by atoms with Crippen molar-refractivity contribution < 1.29 is 13.2 Å². The molecule has 1 fully saturated rings. The maximum atomic E-state index is 12.5. The Bertz CT molecular complexity index is 851. The minimum absolute atomic E-state index is 0.0309. The van der Waals surface area contributed by atoms with E-state index in [4.69, 9.17) is 0 Å². The van der Waals surface area contributed by atoms with Crippen LogP contribution < -0.4 is 4.90 Å². The molecule has 134 valence electrons. The van der Waals surface area contributed by atoms with Crippen LogP contribution in [0, 0.1) is 0 Å². The number of amides is 1. The van der Waals surface area contributed by atoms with Crippen molar-refractivity contribution in [3.05, 3.63) is 44.7 Å². The molecular weight excluding hydrogens is 426 g/mol. The molecule has 2 aromatic rings. The zero-order valence-corrected chi connectivity index (χ0v) is 16.9. The lowest BCUT2D eigenvalue weighted by Crippen LogP contribution is -2.43. The monoisotopic (exact) mass is 443 g/mol. The van der Waals surface area contributed by atoms with Crippen LogP contribution in [0.15, 0.2) is 33.6 Å². The van der Waals surface area contributed by atoms with E-state index in [2.05, 4.69) is 32.4 Å². The molecule has 9 heteroatoms. The van der Waals surface area contributed by atoms with Gasteiger partial charge in [0.2, 0.25) is 0 Å². The number of hydrogen-bond acceptors (Lipinski definition) is 6. The third-order valence-electron chi connectivity index (χ3n) is 4.06. The molecule has 3 heterocycles. The van der Waals surface area contributed by atoms with Gasteiger partial charge in [0.15, 0.2) is 9.84 Å². The number of anilines is 1. The van der Waals surface area contributed by atoms with Crippen molar-refractivity contribution >= 4 is 48.8 Å². The number of rotatable bonds is 4. The highest BCUT2D eigenvalue weighted by molar-refractivity contribution is 9.11. The topological polar surface area (TPSA) is 70.6 Å². The van der Waals surface area contributed by atoms with Crippen molar-refractivity contribution in [1.29, 1.82) is 0 Å². The minimum atomic E-state index is -3.00. The summed E-state index contributed by atoms with van der Waals surface area (Å²) in [7, 11) is -1.05. The molecule has 1 aliphatic rings. The Morgan fingerprint density at radius 3 is 2.64 bits per heavy atom. The molecule has 0 aliphatic carbocycles. The summed E-state index contributed by atoms with van der Waals surface area (Å²) in [5.41, 5.74) is 1.67. The predicted octanol–water partition coefficient (Wildman–Crippen LogP) is 2.41. The Morgan fingerprint density at radius 2 is 2.08 bits per heavy atom. The van der Waals surface area contributed by atoms with E-state index in [1.54, 1.807) is 28.5 Å². The van der Waals surface area contributed by atoms with Crippen LogP contribution in [0.25, 0.3) is 0 Å². The smallest absolute Gasteiger partial charge is 0.255 e. The summed E-state index contributed by atoms with van der Waals surface area (Å²) in [6, 6.07) is 5.63. The number of carbonyl (C=O) groups is 1. The van der Waals surface area contributed by atoms with Gasteiger partial charge in [-0.1, -0.05) is 0 Å². The van der Waals surface area contributed by atoms with Crippen LogP contribution in [0.3, 0.4) is 0 Å². The lowest BCUT2D eigenvalue weighted by atomic mass is 10.2. The first kappa shape index (κ1) is 18.3. The first-order valence-corrected chi connectivity index (χ1v) is 11.2. The largest absolute Gasteiger partial charge is 0.355 e. The maximum absolute atomic E-state index is 12.5. The molecule has 2 aromatic heterocycles. The summed E-state index contributed by atoms with van der Waals surface area (Å²) < 4.78 is 24.0. The van der Waals surface area contributed by atoms with Crippen LogP contribution in [0.4, 0.5) is 5.82 Å². The van der Waals surface area contributed by atoms with Crippen LogP contribution in [0.5, 0.6) is 0 Å². The maximum Gasteiger partial charge on any atom is 0.255 e. The minimum Gasteiger partial charge on any atom is -0.355 e. The lowest BCUT2D eigenvalue weighted by Gasteiger charge is -2.26. The zero-order chi connectivity index (χ0) is 18.0. The molecule has 0 aromatic carbocycles. The van der Waals surface area contributed by atoms with Gasteiger partial charge < -0.3 is 9.80 Å². The molecule has 1 saturated heterocycles. The Labute approximate surface area is 159 Å². The summed E-state index contributed by atoms with van der Waals surface area (Å²) in [4.78, 5) is 20.4. The first-order chi connectivity index (χ1) is 11.8. The lowest BCUT2D eigenvalue weighted by molar-refractivity contribution is 0.0770. The SMILES string of the molecule is CN(Cc1csc(Br)c1)c1ccc(C(=O)N2CCS(=O)(=O)CC2)cn1. The van der Waals surface area contributed by atoms with E-state index in [1.165, 1.54) is 5.56 Å². The van der Waals surface area contributed by atoms with Gasteiger partial charge in [0.25, 0.3) is 5.91 Å². The number of halogens is 1. The van der Waals surface area contributed by atoms with Crippen LogP contribution in [0.2, 0.25) is 0 Å². The van der Waals surface area contributed by atoms with E-state index in [0.29, 0.717) is 5.56 Å². The first-order valence-electron chi connectivity index (χ1n) is 7.74. The van der Waals surface area contributed by atoms with Crippen molar-refractivity contribution in [2.45, 2.75) is 6.54 Å². The second kappa shape index (κ2) is 7.43. The van der Waals surface area contributed by atoms with Crippen molar-refractivity contribution in [3.63, 3.8) is 0 Å². The molecule has 0 radical (unpaired) electrons. The Morgan fingerprint density at radius 1 is 1.36 bits per heavy atom. The van der Waals surface area contributed by atoms with Crippen LogP contribution in [0.1, 0.15) is 15.9 Å². The molecule has 0 spiro atoms. The Balaban J connectivity index is 1.64. The van der Waals surface area contributed by atoms with E-state index in [9.17, 15) is 13.2 Å². The second-order valence-corrected chi connectivity index (χ2v) is 10.6. The van der Waals surface area contributed by atoms with E-state index in [0.717, 1.165) is 16.1 Å². The standard InChI is InChI=1S/C16H18BrN3O3S2/c1-19(10-12-8-14(17)24-11-12)15-3-2-13(9-18-15)16(21)20-4-6-25(22,23)7-5-20/h2-3,8-9,11H,4-7,10H2,1H3. The van der Waals surface area contributed by atoms with E-state index < -0.39 is 9.84 Å². The fraction of sp³-hybridized carbons (Fsp3) is 0.375. The summed E-state index contributed by atoms with van der Waals surface area (Å²) in [5, 5.41) is 2.09. The van der Waals surface area contributed by atoms with Crippen molar-refractivity contribution in [3.8, 4) is 0 Å². The number of hydrogen-bond donors (Lipinski definition) is 0. The quantitative estimate of drug-likeness (QED) is 0.725. The number of aromatic nitrogens is 1. The molecule has 0 saturated carbocycles. The Kier molecular flexibility index (Phi) is 5.45. The molecule has 3 rings (SSSR count). The molecular formula is C16H18BrN3O3S2. The van der Waals surface area contributed by atoms with E-state index in [1.807, 2.05) is 18.0 Å². The molecule has 0 atom stereocenters. The highest BCUT2D eigenvalue weighted by Gasteiger charge is 2.25. The van der Waals surface area contributed by atoms with Gasteiger partial charge in [-0.3, -0.25) is 4.79 Å². The van der Waals surface area contributed by atoms with Gasteiger partial charge in [-0.15, -0.1) is 11.3 Å². The van der Waals surface area contributed by atoms with Crippen molar-refractivity contribution in [1.82, 2.24) is 9.88 Å². The molecule has 6 nitrogen and oxygen atoms in total. The van der Waals surface area contributed by atoms with Gasteiger partial charge in [-0.05, 0) is 45.1 Å². The van der Waals surface area contributed by atoms with Gasteiger partial charge in [0, 0.05) is 32.9 Å². The van der Waals surface area contributed by atoms with Crippen molar-refractivity contribution in [2.75, 3.05) is 36.5 Å². The summed E-state index contributed by atoms with van der Waals surface area (Å²) in [5.74, 6) is 0.672. The predicted molar refractivity (Wildman–Crippen MR) is 103 cm³/mol. The average Bonchev–Trinajstić information content (AvgIpc) is 2.99. The van der Waals surface area contributed by atoms with Gasteiger partial charge in [-0.2, -0.15) is 0 Å². The molecule has 1 amide bonds. The molecule has 0 N–H and O–H groups in total. The van der Waals surface area contributed by atoms with Crippen LogP contribution in [-0.2, 0) is 16.4 Å². The fourth-order valence-corrected chi connectivity index (χ4v) is 5.02. The highest BCUT2D eigenvalue weighted by Crippen LogP contribution is 2.23. The number of pyridine rings is 1. The van der Waals surface area contributed by atoms with Crippen molar-refractivity contribution in [2.24, 2.45) is 0 Å². The number of thiophene rings is 1. The normalized spacial score (nSPS) is 16.6. The third-order valence-corrected chi connectivity index (χ3v) is 7.22. The average molecular weight is 444 g/mol. The van der Waals surface area contributed by atoms with Crippen LogP contribution in [-0.4, -0.2) is 55.9 Å². The number of carbonyl (C=O) groups excluding carboxylic acids is 1. The molecule has 0 bridgehead atoms. The van der Waals surface area contributed by atoms with E-state index >= 15 is 0 Å². The summed E-state index contributed by atoms with van der Waals surface area (Å²) in [6.07, 6.45) is 1.56. The van der Waals surface area contributed by atoms with Gasteiger partial charge in [0.05, 0.1) is 20.9 Å². The van der Waals surface area contributed by atoms with E-state index in [-0.39, 0.29) is 30.5 Å². The van der Waals surface area contributed by atoms with Gasteiger partial charge in [-0.25, -0.2) is 13.4 Å². The zero-order valence-electron chi connectivity index (χ0n) is 13.7. The number of nitrogens with zero attached hydrogens (tertiary/aromatic N) is 3. The third kappa shape index (κ3) is 4.59. The van der Waals surface area contributed by atoms with Gasteiger partial charge in [0.1, 0.15) is 5.82 Å². The van der Waals surface area contributed by atoms with Gasteiger partial charge >= 0.3 is 0 Å². The summed E-state index contributed by atoms with van der Waals surface area (Å²) in [6.45, 7) is 1.22. The Hall–Kier alpha value is -1.45. The second-order valence-electron chi connectivity index (χ2n) is 5.96. The summed E-state index contributed by atoms with van der Waals surface area (Å²) >= 11 is 5.09. The molecule has 25 heavy (non-hydrogen) atoms. The fourth-order valence-electron chi connectivity index (χ4n) is 2.62.